The number of para-hydroxylation sites is 1. The van der Waals surface area contributed by atoms with Crippen LogP contribution in [0.5, 0.6) is 0 Å². The molecule has 3 N–H and O–H groups in total. The zero-order valence-electron chi connectivity index (χ0n) is 15.1. The van der Waals surface area contributed by atoms with Crippen LogP contribution in [0.4, 0.5) is 15.8 Å². The number of thioether (sulfide) groups is 1. The summed E-state index contributed by atoms with van der Waals surface area (Å²) in [5, 5.41) is 5.40. The third kappa shape index (κ3) is 5.86. The van der Waals surface area contributed by atoms with Crippen LogP contribution in [0.2, 0.25) is 0 Å². The minimum Gasteiger partial charge on any atom is -0.322 e. The Hall–Kier alpha value is -2.38. The van der Waals surface area contributed by atoms with Gasteiger partial charge in [-0.3, -0.25) is 9.59 Å². The van der Waals surface area contributed by atoms with Crippen molar-refractivity contribution >= 4 is 35.0 Å². The average molecular weight is 376 g/mol. The number of anilines is 2. The molecule has 7 heteroatoms. The highest BCUT2D eigenvalue weighted by Gasteiger charge is 2.16. The number of carbonyl (C=O) groups is 2. The molecule has 0 aliphatic heterocycles. The Bertz CT molecular complexity index is 798. The Morgan fingerprint density at radius 3 is 2.27 bits per heavy atom. The summed E-state index contributed by atoms with van der Waals surface area (Å²) in [5.74, 6) is -0.997. The molecule has 5 nitrogen and oxygen atoms in total. The minimum atomic E-state index is -0.470. The Kier molecular flexibility index (Phi) is 7.17. The van der Waals surface area contributed by atoms with Gasteiger partial charge in [-0.05, 0) is 43.0 Å². The first kappa shape index (κ1) is 19.9. The summed E-state index contributed by atoms with van der Waals surface area (Å²) in [5.41, 5.74) is 1.68. The first-order valence-corrected chi connectivity index (χ1v) is 9.41. The van der Waals surface area contributed by atoms with Crippen LogP contribution in [-0.2, 0) is 9.59 Å². The molecule has 0 saturated carbocycles. The Balaban J connectivity index is 1.86. The van der Waals surface area contributed by atoms with Gasteiger partial charge in [0.1, 0.15) is 5.82 Å². The minimum absolute atomic E-state index is 0.0604. The van der Waals surface area contributed by atoms with Gasteiger partial charge < -0.3 is 15.5 Å². The largest absolute Gasteiger partial charge is 0.322 e. The van der Waals surface area contributed by atoms with Gasteiger partial charge in [0.25, 0.3) is 11.8 Å². The van der Waals surface area contributed by atoms with E-state index in [0.717, 1.165) is 16.1 Å². The molecule has 0 aliphatic carbocycles. The second-order valence-corrected chi connectivity index (χ2v) is 6.94. The van der Waals surface area contributed by atoms with Gasteiger partial charge in [-0.15, -0.1) is 11.8 Å². The maximum absolute atomic E-state index is 13.8. The lowest BCUT2D eigenvalue weighted by atomic mass is 10.2. The van der Waals surface area contributed by atoms with E-state index in [4.69, 9.17) is 0 Å². The summed E-state index contributed by atoms with van der Waals surface area (Å²) in [4.78, 5) is 25.9. The number of hydrogen-bond acceptors (Lipinski definition) is 3. The van der Waals surface area contributed by atoms with Crippen molar-refractivity contribution in [3.05, 3.63) is 53.8 Å². The van der Waals surface area contributed by atoms with E-state index in [1.165, 1.54) is 12.1 Å². The molecule has 0 heterocycles. The van der Waals surface area contributed by atoms with E-state index in [1.54, 1.807) is 31.8 Å². The fourth-order valence-corrected chi connectivity index (χ4v) is 3.02. The molecule has 2 amide bonds. The third-order valence-electron chi connectivity index (χ3n) is 3.70. The molecule has 0 fully saturated rings. The summed E-state index contributed by atoms with van der Waals surface area (Å²) >= 11 is 1.55. The lowest BCUT2D eigenvalue weighted by molar-refractivity contribution is -0.862. The molecule has 26 heavy (non-hydrogen) atoms. The van der Waals surface area contributed by atoms with E-state index in [9.17, 15) is 14.0 Å². The van der Waals surface area contributed by atoms with Gasteiger partial charge in [-0.25, -0.2) is 4.39 Å². The highest BCUT2D eigenvalue weighted by Crippen LogP contribution is 2.24. The summed E-state index contributed by atoms with van der Waals surface area (Å²) < 4.78 is 13.8. The maximum atomic E-state index is 13.8. The van der Waals surface area contributed by atoms with Crippen molar-refractivity contribution in [2.45, 2.75) is 11.8 Å². The zero-order valence-corrected chi connectivity index (χ0v) is 15.9. The van der Waals surface area contributed by atoms with Gasteiger partial charge in [0.2, 0.25) is 0 Å². The molecule has 2 aromatic carbocycles. The topological polar surface area (TPSA) is 62.6 Å². The van der Waals surface area contributed by atoms with Crippen molar-refractivity contribution in [2.24, 2.45) is 0 Å². The normalized spacial score (nSPS) is 11.7. The molecular formula is C19H23FN3O2S+. The van der Waals surface area contributed by atoms with Gasteiger partial charge in [0.05, 0.1) is 18.4 Å². The number of halogens is 1. The third-order valence-corrected chi connectivity index (χ3v) is 4.50. The number of benzene rings is 2. The molecule has 0 aromatic heterocycles. The molecule has 2 aromatic rings. The van der Waals surface area contributed by atoms with Crippen molar-refractivity contribution < 1.29 is 18.9 Å². The van der Waals surface area contributed by atoms with Crippen LogP contribution in [0.1, 0.15) is 5.56 Å². The standard InChI is InChI=1S/C19H22FN3O2S/c1-13-8-9-15(14(20)10-13)21-18(24)11-23(2)12-19(25)22-16-6-4-5-7-17(16)26-3/h4-10H,11-12H2,1-3H3,(H,21,24)(H,22,25)/p+1. The Labute approximate surface area is 157 Å². The van der Waals surface area contributed by atoms with Crippen LogP contribution in [0, 0.1) is 12.7 Å². The number of carbonyl (C=O) groups excluding carboxylic acids is 2. The molecule has 2 rings (SSSR count). The van der Waals surface area contributed by atoms with Crippen LogP contribution in [0.15, 0.2) is 47.4 Å². The predicted octanol–water partition coefficient (Wildman–Crippen LogP) is 1.95. The number of hydrogen-bond donors (Lipinski definition) is 3. The molecule has 1 unspecified atom stereocenters. The second-order valence-electron chi connectivity index (χ2n) is 6.09. The van der Waals surface area contributed by atoms with Crippen molar-refractivity contribution in [1.82, 2.24) is 0 Å². The SMILES string of the molecule is CSc1ccccc1NC(=O)C[NH+](C)CC(=O)Nc1ccc(C)cc1F. The molecule has 0 bridgehead atoms. The smallest absolute Gasteiger partial charge is 0.279 e. The predicted molar refractivity (Wildman–Crippen MR) is 103 cm³/mol. The molecule has 0 radical (unpaired) electrons. The van der Waals surface area contributed by atoms with Crippen molar-refractivity contribution in [1.29, 1.82) is 0 Å². The summed E-state index contributed by atoms with van der Waals surface area (Å²) in [7, 11) is 1.74. The lowest BCUT2D eigenvalue weighted by Gasteiger charge is -2.15. The fraction of sp³-hybridized carbons (Fsp3) is 0.263. The first-order valence-electron chi connectivity index (χ1n) is 8.19. The van der Waals surface area contributed by atoms with Crippen LogP contribution < -0.4 is 15.5 Å². The molecule has 0 saturated heterocycles. The summed E-state index contributed by atoms with van der Waals surface area (Å²) in [6.45, 7) is 1.97. The van der Waals surface area contributed by atoms with Gasteiger partial charge in [0, 0.05) is 4.90 Å². The van der Waals surface area contributed by atoms with Crippen LogP contribution in [-0.4, -0.2) is 38.2 Å². The maximum Gasteiger partial charge on any atom is 0.279 e. The quantitative estimate of drug-likeness (QED) is 0.648. The lowest BCUT2D eigenvalue weighted by Crippen LogP contribution is -3.11. The van der Waals surface area contributed by atoms with Gasteiger partial charge in [-0.1, -0.05) is 18.2 Å². The number of aryl methyl sites for hydroxylation is 1. The number of likely N-dealkylation sites (N-methyl/N-ethyl adjacent to an activating group) is 1. The first-order chi connectivity index (χ1) is 12.4. The monoisotopic (exact) mass is 376 g/mol. The highest BCUT2D eigenvalue weighted by atomic mass is 32.2. The van der Waals surface area contributed by atoms with E-state index in [1.807, 2.05) is 30.5 Å². The van der Waals surface area contributed by atoms with Crippen molar-refractivity contribution in [3.63, 3.8) is 0 Å². The number of rotatable bonds is 7. The summed E-state index contributed by atoms with van der Waals surface area (Å²) in [6, 6.07) is 12.2. The molecule has 138 valence electrons. The number of amides is 2. The van der Waals surface area contributed by atoms with Crippen LogP contribution >= 0.6 is 11.8 Å². The highest BCUT2D eigenvalue weighted by molar-refractivity contribution is 7.98. The molecule has 0 aliphatic rings. The zero-order chi connectivity index (χ0) is 19.1. The van der Waals surface area contributed by atoms with Crippen LogP contribution in [0.3, 0.4) is 0 Å². The Morgan fingerprint density at radius 1 is 1.04 bits per heavy atom. The van der Waals surface area contributed by atoms with Gasteiger partial charge in [0.15, 0.2) is 13.1 Å². The number of quaternary nitrogens is 1. The number of nitrogens with one attached hydrogen (secondary N) is 3. The Morgan fingerprint density at radius 2 is 1.65 bits per heavy atom. The van der Waals surface area contributed by atoms with E-state index >= 15 is 0 Å². The van der Waals surface area contributed by atoms with E-state index in [2.05, 4.69) is 10.6 Å². The van der Waals surface area contributed by atoms with Crippen molar-refractivity contribution in [3.8, 4) is 0 Å². The molecular weight excluding hydrogens is 353 g/mol. The van der Waals surface area contributed by atoms with Crippen LogP contribution in [0.25, 0.3) is 0 Å². The van der Waals surface area contributed by atoms with Crippen molar-refractivity contribution in [2.75, 3.05) is 37.0 Å². The average Bonchev–Trinajstić information content (AvgIpc) is 2.57. The second kappa shape index (κ2) is 9.35. The van der Waals surface area contributed by atoms with E-state index in [-0.39, 0.29) is 30.6 Å². The molecule has 1 atom stereocenters. The van der Waals surface area contributed by atoms with E-state index < -0.39 is 5.82 Å². The van der Waals surface area contributed by atoms with Gasteiger partial charge >= 0.3 is 0 Å². The summed E-state index contributed by atoms with van der Waals surface area (Å²) in [6.07, 6.45) is 1.94. The van der Waals surface area contributed by atoms with Gasteiger partial charge in [-0.2, -0.15) is 0 Å². The van der Waals surface area contributed by atoms with E-state index in [0.29, 0.717) is 4.90 Å². The fourth-order valence-electron chi connectivity index (χ4n) is 2.47. The molecule has 0 spiro atoms.